The molecule has 0 aromatic heterocycles. The fraction of sp³-hybridized carbons (Fsp3) is 0.250. The monoisotopic (exact) mass is 250 g/mol. The van der Waals surface area contributed by atoms with Crippen LogP contribution in [0.2, 0.25) is 5.02 Å². The van der Waals surface area contributed by atoms with Gasteiger partial charge in [0.2, 0.25) is 0 Å². The van der Waals surface area contributed by atoms with E-state index in [2.05, 4.69) is 15.9 Å². The van der Waals surface area contributed by atoms with E-state index in [0.717, 1.165) is 4.47 Å². The highest BCUT2D eigenvalue weighted by molar-refractivity contribution is 9.10. The predicted molar refractivity (Wildman–Crippen MR) is 51.6 cm³/mol. The van der Waals surface area contributed by atoms with Crippen molar-refractivity contribution in [3.63, 3.8) is 0 Å². The van der Waals surface area contributed by atoms with E-state index in [4.69, 9.17) is 21.4 Å². The first-order valence-corrected chi connectivity index (χ1v) is 4.49. The number of methoxy groups -OCH3 is 1. The minimum absolute atomic E-state index is 0.0732. The zero-order valence-corrected chi connectivity index (χ0v) is 8.82. The Bertz CT molecular complexity index is 289. The lowest BCUT2D eigenvalue weighted by atomic mass is 10.2. The van der Waals surface area contributed by atoms with Gasteiger partial charge in [-0.05, 0) is 22.0 Å². The molecular weight excluding hydrogens is 243 g/mol. The largest absolute Gasteiger partial charge is 0.495 e. The van der Waals surface area contributed by atoms with E-state index < -0.39 is 0 Å². The quantitative estimate of drug-likeness (QED) is 0.875. The molecule has 1 aromatic carbocycles. The molecule has 0 aliphatic rings. The molecule has 0 spiro atoms. The minimum Gasteiger partial charge on any atom is -0.495 e. The smallest absolute Gasteiger partial charge is 0.144 e. The van der Waals surface area contributed by atoms with Gasteiger partial charge in [-0.2, -0.15) is 0 Å². The SMILES string of the molecule is COc1c(CO)ccc(Br)c1Cl. The van der Waals surface area contributed by atoms with E-state index >= 15 is 0 Å². The maximum Gasteiger partial charge on any atom is 0.144 e. The molecule has 0 radical (unpaired) electrons. The Morgan fingerprint density at radius 3 is 2.75 bits per heavy atom. The molecule has 1 aromatic rings. The van der Waals surface area contributed by atoms with Crippen LogP contribution < -0.4 is 4.74 Å². The number of rotatable bonds is 2. The number of hydrogen-bond acceptors (Lipinski definition) is 2. The van der Waals surface area contributed by atoms with Crippen LogP contribution in [-0.2, 0) is 6.61 Å². The van der Waals surface area contributed by atoms with Gasteiger partial charge in [0.25, 0.3) is 0 Å². The average molecular weight is 252 g/mol. The molecule has 0 atom stereocenters. The molecule has 0 fully saturated rings. The number of hydrogen-bond donors (Lipinski definition) is 1. The van der Waals surface area contributed by atoms with Gasteiger partial charge in [0.1, 0.15) is 5.75 Å². The molecule has 1 N–H and O–H groups in total. The summed E-state index contributed by atoms with van der Waals surface area (Å²) in [4.78, 5) is 0. The van der Waals surface area contributed by atoms with Crippen molar-refractivity contribution in [3.05, 3.63) is 27.2 Å². The Morgan fingerprint density at radius 2 is 2.25 bits per heavy atom. The van der Waals surface area contributed by atoms with Crippen LogP contribution in [-0.4, -0.2) is 12.2 Å². The van der Waals surface area contributed by atoms with E-state index in [0.29, 0.717) is 16.3 Å². The molecule has 12 heavy (non-hydrogen) atoms. The molecule has 0 saturated carbocycles. The van der Waals surface area contributed by atoms with Crippen molar-refractivity contribution in [2.24, 2.45) is 0 Å². The molecule has 0 amide bonds. The Kier molecular flexibility index (Phi) is 3.38. The molecule has 0 unspecified atom stereocenters. The van der Waals surface area contributed by atoms with Crippen molar-refractivity contribution in [1.82, 2.24) is 0 Å². The second-order valence-corrected chi connectivity index (χ2v) is 3.44. The van der Waals surface area contributed by atoms with Crippen LogP contribution in [0.1, 0.15) is 5.56 Å². The van der Waals surface area contributed by atoms with Gasteiger partial charge in [0.05, 0.1) is 18.7 Å². The second kappa shape index (κ2) is 4.12. The van der Waals surface area contributed by atoms with Crippen molar-refractivity contribution in [3.8, 4) is 5.75 Å². The lowest BCUT2D eigenvalue weighted by molar-refractivity contribution is 0.274. The maximum absolute atomic E-state index is 8.91. The Labute approximate surface area is 84.2 Å². The van der Waals surface area contributed by atoms with Gasteiger partial charge in [-0.25, -0.2) is 0 Å². The number of ether oxygens (including phenoxy) is 1. The Morgan fingerprint density at radius 1 is 1.58 bits per heavy atom. The lowest BCUT2D eigenvalue weighted by Crippen LogP contribution is -1.92. The summed E-state index contributed by atoms with van der Waals surface area (Å²) in [6.45, 7) is -0.0732. The summed E-state index contributed by atoms with van der Waals surface area (Å²) in [5.41, 5.74) is 0.686. The lowest BCUT2D eigenvalue weighted by Gasteiger charge is -2.08. The minimum atomic E-state index is -0.0732. The fourth-order valence-electron chi connectivity index (χ4n) is 0.917. The molecule has 0 bridgehead atoms. The van der Waals surface area contributed by atoms with Gasteiger partial charge in [-0.15, -0.1) is 0 Å². The van der Waals surface area contributed by atoms with Gasteiger partial charge in [-0.1, -0.05) is 17.7 Å². The standard InChI is InChI=1S/C8H8BrClO2/c1-12-8-5(4-11)2-3-6(9)7(8)10/h2-3,11H,4H2,1H3. The van der Waals surface area contributed by atoms with Crippen LogP contribution in [0.25, 0.3) is 0 Å². The summed E-state index contributed by atoms with van der Waals surface area (Å²) in [6, 6.07) is 3.53. The van der Waals surface area contributed by atoms with Crippen molar-refractivity contribution in [2.75, 3.05) is 7.11 Å². The number of halogens is 2. The third kappa shape index (κ3) is 1.73. The Hall–Kier alpha value is -0.250. The van der Waals surface area contributed by atoms with E-state index in [1.807, 2.05) is 0 Å². The highest BCUT2D eigenvalue weighted by atomic mass is 79.9. The fourth-order valence-corrected chi connectivity index (χ4v) is 1.49. The van der Waals surface area contributed by atoms with Gasteiger partial charge in [0, 0.05) is 10.0 Å². The first kappa shape index (κ1) is 9.84. The summed E-state index contributed by atoms with van der Waals surface area (Å²) in [7, 11) is 1.52. The van der Waals surface area contributed by atoms with E-state index in [9.17, 15) is 0 Å². The zero-order valence-electron chi connectivity index (χ0n) is 6.47. The topological polar surface area (TPSA) is 29.5 Å². The van der Waals surface area contributed by atoms with Crippen molar-refractivity contribution < 1.29 is 9.84 Å². The second-order valence-electron chi connectivity index (χ2n) is 2.21. The van der Waals surface area contributed by atoms with Gasteiger partial charge in [0.15, 0.2) is 0 Å². The summed E-state index contributed by atoms with van der Waals surface area (Å²) in [5.74, 6) is 0.522. The van der Waals surface area contributed by atoms with Crippen LogP contribution in [0.3, 0.4) is 0 Å². The number of aliphatic hydroxyl groups is 1. The van der Waals surface area contributed by atoms with E-state index in [-0.39, 0.29) is 6.61 Å². The highest BCUT2D eigenvalue weighted by Gasteiger charge is 2.09. The first-order chi connectivity index (χ1) is 5.70. The van der Waals surface area contributed by atoms with Crippen LogP contribution in [0.5, 0.6) is 5.75 Å². The van der Waals surface area contributed by atoms with Gasteiger partial charge < -0.3 is 9.84 Å². The zero-order chi connectivity index (χ0) is 9.14. The van der Waals surface area contributed by atoms with Gasteiger partial charge in [-0.3, -0.25) is 0 Å². The van der Waals surface area contributed by atoms with Crippen LogP contribution in [0.15, 0.2) is 16.6 Å². The van der Waals surface area contributed by atoms with Gasteiger partial charge >= 0.3 is 0 Å². The molecule has 2 nitrogen and oxygen atoms in total. The molecule has 1 rings (SSSR count). The molecule has 0 heterocycles. The van der Waals surface area contributed by atoms with Crippen molar-refractivity contribution >= 4 is 27.5 Å². The molecule has 0 aliphatic carbocycles. The normalized spacial score (nSPS) is 10.0. The van der Waals surface area contributed by atoms with E-state index in [1.54, 1.807) is 12.1 Å². The molecule has 4 heteroatoms. The highest BCUT2D eigenvalue weighted by Crippen LogP contribution is 2.34. The number of benzene rings is 1. The Balaban J connectivity index is 3.25. The van der Waals surface area contributed by atoms with E-state index in [1.165, 1.54) is 7.11 Å². The summed E-state index contributed by atoms with van der Waals surface area (Å²) in [6.07, 6.45) is 0. The van der Waals surface area contributed by atoms with Crippen molar-refractivity contribution in [1.29, 1.82) is 0 Å². The molecule has 0 aliphatic heterocycles. The number of aliphatic hydroxyl groups excluding tert-OH is 1. The molecular formula is C8H8BrClO2. The third-order valence-electron chi connectivity index (χ3n) is 1.51. The summed E-state index contributed by atoms with van der Waals surface area (Å²) < 4.78 is 5.79. The maximum atomic E-state index is 8.91. The summed E-state index contributed by atoms with van der Waals surface area (Å²) >= 11 is 9.15. The van der Waals surface area contributed by atoms with Crippen molar-refractivity contribution in [2.45, 2.75) is 6.61 Å². The van der Waals surface area contributed by atoms with Crippen LogP contribution >= 0.6 is 27.5 Å². The predicted octanol–water partition coefficient (Wildman–Crippen LogP) is 2.60. The first-order valence-electron chi connectivity index (χ1n) is 3.32. The van der Waals surface area contributed by atoms with Crippen LogP contribution in [0.4, 0.5) is 0 Å². The average Bonchev–Trinajstić information content (AvgIpc) is 2.09. The van der Waals surface area contributed by atoms with Crippen LogP contribution in [0, 0.1) is 0 Å². The third-order valence-corrected chi connectivity index (χ3v) is 2.77. The summed E-state index contributed by atoms with van der Waals surface area (Å²) in [5, 5.41) is 9.40. The molecule has 66 valence electrons. The molecule has 0 saturated heterocycles.